The first-order chi connectivity index (χ1) is 9.11. The molecule has 0 saturated carbocycles. The van der Waals surface area contributed by atoms with Gasteiger partial charge in [0, 0.05) is 19.0 Å². The van der Waals surface area contributed by atoms with Crippen LogP contribution in [-0.4, -0.2) is 20.6 Å². The van der Waals surface area contributed by atoms with Gasteiger partial charge in [0.2, 0.25) is 0 Å². The number of nitrogens with zero attached hydrogens (tertiary/aromatic N) is 2. The van der Waals surface area contributed by atoms with E-state index in [1.54, 1.807) is 6.07 Å². The predicted octanol–water partition coefficient (Wildman–Crippen LogP) is 2.99. The zero-order valence-corrected chi connectivity index (χ0v) is 10.9. The number of benzene rings is 1. The van der Waals surface area contributed by atoms with Crippen LogP contribution in [0.25, 0.3) is 11.0 Å². The standard InChI is InChI=1S/C14H17FN2O2/c1-2-3-8-17-12-5-4-10(15)9-11(12)16-13(17)6-7-14(18)19/h4-5,9H,2-3,6-8H2,1H3,(H,18,19). The molecule has 0 spiro atoms. The molecule has 5 heteroatoms. The average molecular weight is 264 g/mol. The summed E-state index contributed by atoms with van der Waals surface area (Å²) in [5.74, 6) is -0.450. The highest BCUT2D eigenvalue weighted by Crippen LogP contribution is 2.19. The number of carboxylic acid groups (broad SMARTS) is 1. The van der Waals surface area contributed by atoms with Gasteiger partial charge in [0.05, 0.1) is 17.5 Å². The number of fused-ring (bicyclic) bond motifs is 1. The van der Waals surface area contributed by atoms with Gasteiger partial charge in [-0.1, -0.05) is 13.3 Å². The maximum atomic E-state index is 13.2. The largest absolute Gasteiger partial charge is 0.481 e. The van der Waals surface area contributed by atoms with Gasteiger partial charge in [-0.3, -0.25) is 4.79 Å². The summed E-state index contributed by atoms with van der Waals surface area (Å²) in [5, 5.41) is 8.76. The lowest BCUT2D eigenvalue weighted by molar-refractivity contribution is -0.137. The maximum Gasteiger partial charge on any atom is 0.303 e. The first kappa shape index (κ1) is 13.5. The van der Waals surface area contributed by atoms with E-state index in [0.29, 0.717) is 11.9 Å². The Hall–Kier alpha value is -1.91. The van der Waals surface area contributed by atoms with Gasteiger partial charge in [-0.15, -0.1) is 0 Å². The quantitative estimate of drug-likeness (QED) is 0.872. The van der Waals surface area contributed by atoms with Crippen LogP contribution in [0.2, 0.25) is 0 Å². The molecule has 0 amide bonds. The van der Waals surface area contributed by atoms with Crippen molar-refractivity contribution in [3.8, 4) is 0 Å². The molecule has 1 aromatic carbocycles. The molecule has 0 aliphatic heterocycles. The number of carbonyl (C=O) groups is 1. The molecule has 1 aromatic heterocycles. The van der Waals surface area contributed by atoms with E-state index >= 15 is 0 Å². The normalized spacial score (nSPS) is 11.1. The van der Waals surface area contributed by atoms with Crippen LogP contribution in [0.3, 0.4) is 0 Å². The Kier molecular flexibility index (Phi) is 4.14. The molecule has 2 rings (SSSR count). The smallest absolute Gasteiger partial charge is 0.303 e. The summed E-state index contributed by atoms with van der Waals surface area (Å²) in [7, 11) is 0. The van der Waals surface area contributed by atoms with Crippen molar-refractivity contribution < 1.29 is 14.3 Å². The SMILES string of the molecule is CCCCn1c(CCC(=O)O)nc2cc(F)ccc21. The molecule has 0 atom stereocenters. The number of carboxylic acids is 1. The number of aryl methyl sites for hydroxylation is 2. The summed E-state index contributed by atoms with van der Waals surface area (Å²) in [6.45, 7) is 2.88. The van der Waals surface area contributed by atoms with Crippen molar-refractivity contribution >= 4 is 17.0 Å². The third-order valence-corrected chi connectivity index (χ3v) is 3.09. The topological polar surface area (TPSA) is 55.1 Å². The van der Waals surface area contributed by atoms with Crippen molar-refractivity contribution in [2.45, 2.75) is 39.2 Å². The minimum Gasteiger partial charge on any atom is -0.481 e. The second kappa shape index (κ2) is 5.82. The zero-order chi connectivity index (χ0) is 13.8. The average Bonchev–Trinajstić information content (AvgIpc) is 2.70. The second-order valence-corrected chi connectivity index (χ2v) is 4.56. The number of unbranched alkanes of at least 4 members (excludes halogenated alkanes) is 1. The van der Waals surface area contributed by atoms with Crippen LogP contribution in [0, 0.1) is 5.82 Å². The Morgan fingerprint density at radius 1 is 1.47 bits per heavy atom. The van der Waals surface area contributed by atoms with E-state index in [-0.39, 0.29) is 12.2 Å². The minimum absolute atomic E-state index is 0.0396. The summed E-state index contributed by atoms with van der Waals surface area (Å²) in [6.07, 6.45) is 2.44. The molecule has 2 aromatic rings. The van der Waals surface area contributed by atoms with Gasteiger partial charge in [0.1, 0.15) is 11.6 Å². The number of rotatable bonds is 6. The van der Waals surface area contributed by atoms with Crippen LogP contribution in [-0.2, 0) is 17.8 Å². The molecule has 1 N–H and O–H groups in total. The molecule has 102 valence electrons. The number of imidazole rings is 1. The summed E-state index contributed by atoms with van der Waals surface area (Å²) >= 11 is 0. The molecule has 0 aliphatic carbocycles. The van der Waals surface area contributed by atoms with E-state index in [1.807, 2.05) is 4.57 Å². The van der Waals surface area contributed by atoms with Crippen LogP contribution in [0.4, 0.5) is 4.39 Å². The van der Waals surface area contributed by atoms with E-state index in [4.69, 9.17) is 5.11 Å². The number of hydrogen-bond donors (Lipinski definition) is 1. The van der Waals surface area contributed by atoms with Crippen LogP contribution >= 0.6 is 0 Å². The molecular formula is C14H17FN2O2. The molecule has 0 unspecified atom stereocenters. The Labute approximate surface area is 110 Å². The molecule has 0 aliphatic rings. The summed E-state index contributed by atoms with van der Waals surface area (Å²) in [5.41, 5.74) is 1.46. The Balaban J connectivity index is 2.38. The lowest BCUT2D eigenvalue weighted by Gasteiger charge is -2.07. The van der Waals surface area contributed by atoms with Crippen LogP contribution in [0.5, 0.6) is 0 Å². The van der Waals surface area contributed by atoms with Crippen molar-refractivity contribution in [3.05, 3.63) is 29.8 Å². The summed E-state index contributed by atoms with van der Waals surface area (Å²) < 4.78 is 15.2. The summed E-state index contributed by atoms with van der Waals surface area (Å²) in [6, 6.07) is 4.51. The third-order valence-electron chi connectivity index (χ3n) is 3.09. The van der Waals surface area contributed by atoms with Gasteiger partial charge in [0.25, 0.3) is 0 Å². The van der Waals surface area contributed by atoms with Crippen molar-refractivity contribution in [1.82, 2.24) is 9.55 Å². The molecule has 0 bridgehead atoms. The maximum absolute atomic E-state index is 13.2. The Bertz CT molecular complexity index is 592. The Morgan fingerprint density at radius 2 is 2.26 bits per heavy atom. The molecule has 0 saturated heterocycles. The highest BCUT2D eigenvalue weighted by atomic mass is 19.1. The van der Waals surface area contributed by atoms with Crippen LogP contribution in [0.1, 0.15) is 32.0 Å². The number of aromatic nitrogens is 2. The van der Waals surface area contributed by atoms with Crippen molar-refractivity contribution in [2.24, 2.45) is 0 Å². The molecule has 0 radical (unpaired) electrons. The number of hydrogen-bond acceptors (Lipinski definition) is 2. The number of aliphatic carboxylic acids is 1. The molecule has 19 heavy (non-hydrogen) atoms. The first-order valence-electron chi connectivity index (χ1n) is 6.48. The van der Waals surface area contributed by atoms with E-state index in [0.717, 1.165) is 30.7 Å². The molecular weight excluding hydrogens is 247 g/mol. The fourth-order valence-corrected chi connectivity index (χ4v) is 2.13. The van der Waals surface area contributed by atoms with Gasteiger partial charge in [-0.2, -0.15) is 0 Å². The second-order valence-electron chi connectivity index (χ2n) is 4.56. The lowest BCUT2D eigenvalue weighted by Crippen LogP contribution is -2.06. The zero-order valence-electron chi connectivity index (χ0n) is 10.9. The summed E-state index contributed by atoms with van der Waals surface area (Å²) in [4.78, 5) is 15.0. The van der Waals surface area contributed by atoms with E-state index < -0.39 is 5.97 Å². The van der Waals surface area contributed by atoms with E-state index in [9.17, 15) is 9.18 Å². The van der Waals surface area contributed by atoms with Crippen LogP contribution < -0.4 is 0 Å². The van der Waals surface area contributed by atoms with Gasteiger partial charge in [-0.25, -0.2) is 9.37 Å². The lowest BCUT2D eigenvalue weighted by atomic mass is 10.2. The van der Waals surface area contributed by atoms with Gasteiger partial charge < -0.3 is 9.67 Å². The number of halogens is 1. The molecule has 4 nitrogen and oxygen atoms in total. The fourth-order valence-electron chi connectivity index (χ4n) is 2.13. The third kappa shape index (κ3) is 3.10. The Morgan fingerprint density at radius 3 is 2.95 bits per heavy atom. The van der Waals surface area contributed by atoms with Crippen LogP contribution in [0.15, 0.2) is 18.2 Å². The minimum atomic E-state index is -0.847. The highest BCUT2D eigenvalue weighted by molar-refractivity contribution is 5.76. The van der Waals surface area contributed by atoms with Gasteiger partial charge >= 0.3 is 5.97 Å². The predicted molar refractivity (Wildman–Crippen MR) is 70.6 cm³/mol. The van der Waals surface area contributed by atoms with E-state index in [1.165, 1.54) is 12.1 Å². The van der Waals surface area contributed by atoms with Gasteiger partial charge in [-0.05, 0) is 18.6 Å². The fraction of sp³-hybridized carbons (Fsp3) is 0.429. The van der Waals surface area contributed by atoms with Gasteiger partial charge in [0.15, 0.2) is 0 Å². The molecule has 1 heterocycles. The van der Waals surface area contributed by atoms with Crippen molar-refractivity contribution in [3.63, 3.8) is 0 Å². The first-order valence-corrected chi connectivity index (χ1v) is 6.48. The van der Waals surface area contributed by atoms with Crippen molar-refractivity contribution in [1.29, 1.82) is 0 Å². The van der Waals surface area contributed by atoms with E-state index in [2.05, 4.69) is 11.9 Å². The monoisotopic (exact) mass is 264 g/mol. The van der Waals surface area contributed by atoms with Crippen molar-refractivity contribution in [2.75, 3.05) is 0 Å². The molecule has 0 fully saturated rings. The highest BCUT2D eigenvalue weighted by Gasteiger charge is 2.12.